The molecular weight excluding hydrogens is 407 g/mol. The van der Waals surface area contributed by atoms with Crippen LogP contribution < -0.4 is 0 Å². The minimum absolute atomic E-state index is 0.00348. The van der Waals surface area contributed by atoms with Gasteiger partial charge in [-0.1, -0.05) is 26.0 Å². The lowest BCUT2D eigenvalue weighted by Crippen LogP contribution is -2.47. The fourth-order valence-electron chi connectivity index (χ4n) is 4.93. The molecule has 0 spiro atoms. The van der Waals surface area contributed by atoms with Crippen LogP contribution in [0.4, 0.5) is 4.39 Å². The predicted octanol–water partition coefficient (Wildman–Crippen LogP) is 5.30. The number of benzene rings is 1. The Balaban J connectivity index is 1.60. The van der Waals surface area contributed by atoms with Gasteiger partial charge in [0.05, 0.1) is 29.3 Å². The molecule has 0 N–H and O–H groups in total. The van der Waals surface area contributed by atoms with Gasteiger partial charge in [0.1, 0.15) is 11.3 Å². The van der Waals surface area contributed by atoms with Crippen LogP contribution in [0.3, 0.4) is 0 Å². The highest BCUT2D eigenvalue weighted by atomic mass is 19.1. The first kappa shape index (κ1) is 20.4. The van der Waals surface area contributed by atoms with Crippen molar-refractivity contribution in [3.05, 3.63) is 71.5 Å². The Morgan fingerprint density at radius 3 is 2.81 bits per heavy atom. The van der Waals surface area contributed by atoms with Gasteiger partial charge >= 0.3 is 0 Å². The third-order valence-corrected chi connectivity index (χ3v) is 6.40. The van der Waals surface area contributed by atoms with Gasteiger partial charge in [-0.15, -0.1) is 0 Å². The van der Waals surface area contributed by atoms with Crippen molar-refractivity contribution in [2.24, 2.45) is 7.05 Å². The number of aryl methyl sites for hydroxylation is 1. The van der Waals surface area contributed by atoms with E-state index in [-0.39, 0.29) is 23.8 Å². The van der Waals surface area contributed by atoms with Gasteiger partial charge in [0.25, 0.3) is 5.91 Å². The van der Waals surface area contributed by atoms with E-state index in [0.717, 1.165) is 40.9 Å². The Morgan fingerprint density at radius 1 is 1.22 bits per heavy atom. The lowest BCUT2D eigenvalue weighted by molar-refractivity contribution is 0.0512. The van der Waals surface area contributed by atoms with E-state index in [9.17, 15) is 9.18 Å². The van der Waals surface area contributed by atoms with Crippen molar-refractivity contribution in [3.8, 4) is 11.3 Å². The Labute approximate surface area is 185 Å². The quantitative estimate of drug-likeness (QED) is 0.439. The molecule has 4 aromatic rings. The van der Waals surface area contributed by atoms with E-state index in [4.69, 9.17) is 9.52 Å². The monoisotopic (exact) mass is 432 g/mol. The lowest BCUT2D eigenvalue weighted by atomic mass is 9.87. The molecule has 32 heavy (non-hydrogen) atoms. The highest BCUT2D eigenvalue weighted by molar-refractivity contribution is 5.97. The summed E-state index contributed by atoms with van der Waals surface area (Å²) in [6, 6.07) is 9.99. The molecule has 0 bridgehead atoms. The predicted molar refractivity (Wildman–Crippen MR) is 120 cm³/mol. The maximum Gasteiger partial charge on any atom is 0.256 e. The van der Waals surface area contributed by atoms with E-state index in [0.29, 0.717) is 17.6 Å². The zero-order valence-corrected chi connectivity index (χ0v) is 18.4. The fraction of sp³-hybridized carbons (Fsp3) is 0.320. The lowest BCUT2D eigenvalue weighted by Gasteiger charge is -2.41. The molecule has 7 heteroatoms. The van der Waals surface area contributed by atoms with Gasteiger partial charge in [0.15, 0.2) is 5.58 Å². The molecule has 2 unspecified atom stereocenters. The molecule has 1 amide bonds. The van der Waals surface area contributed by atoms with Gasteiger partial charge < -0.3 is 9.32 Å². The number of hydrogen-bond acceptors (Lipinski definition) is 4. The maximum atomic E-state index is 14.0. The van der Waals surface area contributed by atoms with Crippen LogP contribution in [0.1, 0.15) is 54.3 Å². The molecule has 1 aliphatic rings. The Morgan fingerprint density at radius 2 is 2.06 bits per heavy atom. The molecule has 0 fully saturated rings. The van der Waals surface area contributed by atoms with Crippen molar-refractivity contribution in [3.63, 3.8) is 0 Å². The highest BCUT2D eigenvalue weighted by Gasteiger charge is 2.40. The van der Waals surface area contributed by atoms with E-state index >= 15 is 0 Å². The Kier molecular flexibility index (Phi) is 5.04. The van der Waals surface area contributed by atoms with E-state index in [1.165, 1.54) is 6.07 Å². The summed E-state index contributed by atoms with van der Waals surface area (Å²) >= 11 is 0. The fourth-order valence-corrected chi connectivity index (χ4v) is 4.93. The van der Waals surface area contributed by atoms with E-state index < -0.39 is 0 Å². The summed E-state index contributed by atoms with van der Waals surface area (Å²) in [5.74, 6) is -0.344. The minimum atomic E-state index is -0.273. The van der Waals surface area contributed by atoms with Gasteiger partial charge in [0, 0.05) is 36.5 Å². The van der Waals surface area contributed by atoms with Crippen LogP contribution in [0.5, 0.6) is 0 Å². The summed E-state index contributed by atoms with van der Waals surface area (Å²) in [4.78, 5) is 20.0. The molecule has 3 aromatic heterocycles. The average molecular weight is 432 g/mol. The smallest absolute Gasteiger partial charge is 0.256 e. The van der Waals surface area contributed by atoms with Crippen LogP contribution in [0, 0.1) is 5.82 Å². The molecule has 0 saturated heterocycles. The number of rotatable bonds is 4. The molecule has 5 rings (SSSR count). The summed E-state index contributed by atoms with van der Waals surface area (Å²) in [5, 5.41) is 4.81. The van der Waals surface area contributed by atoms with Gasteiger partial charge in [-0.25, -0.2) is 4.39 Å². The number of aromatic nitrogens is 3. The summed E-state index contributed by atoms with van der Waals surface area (Å²) in [7, 11) is 1.88. The number of carbonyl (C=O) groups excluding carboxylic acids is 1. The molecular formula is C25H25FN4O2. The number of carbonyl (C=O) groups is 1. The van der Waals surface area contributed by atoms with Crippen LogP contribution in [0.2, 0.25) is 0 Å². The van der Waals surface area contributed by atoms with Crippen LogP contribution in [-0.2, 0) is 13.5 Å². The highest BCUT2D eigenvalue weighted by Crippen LogP contribution is 2.41. The zero-order valence-electron chi connectivity index (χ0n) is 18.4. The molecule has 6 nitrogen and oxygen atoms in total. The first-order chi connectivity index (χ1) is 15.5. The third-order valence-electron chi connectivity index (χ3n) is 6.40. The van der Waals surface area contributed by atoms with Crippen molar-refractivity contribution >= 4 is 17.0 Å². The molecule has 4 heterocycles. The van der Waals surface area contributed by atoms with Crippen LogP contribution in [0.25, 0.3) is 22.4 Å². The second-order valence-corrected chi connectivity index (χ2v) is 8.28. The van der Waals surface area contributed by atoms with E-state index in [1.807, 2.05) is 22.7 Å². The van der Waals surface area contributed by atoms with Gasteiger partial charge in [-0.3, -0.25) is 14.5 Å². The normalized spacial score (nSPS) is 18.2. The molecule has 1 aliphatic heterocycles. The van der Waals surface area contributed by atoms with Crippen molar-refractivity contribution in [2.75, 3.05) is 0 Å². The molecule has 0 aliphatic carbocycles. The Bertz CT molecular complexity index is 1310. The molecule has 0 radical (unpaired) electrons. The summed E-state index contributed by atoms with van der Waals surface area (Å²) < 4.78 is 21.2. The topological polar surface area (TPSA) is 64.2 Å². The first-order valence-corrected chi connectivity index (χ1v) is 11.0. The average Bonchev–Trinajstić information content (AvgIpc) is 3.39. The maximum absolute atomic E-state index is 14.0. The number of nitrogens with zero attached hydrogens (tertiary/aromatic N) is 4. The first-order valence-electron chi connectivity index (χ1n) is 11.0. The van der Waals surface area contributed by atoms with Crippen molar-refractivity contribution in [1.29, 1.82) is 0 Å². The number of furan rings is 1. The zero-order chi connectivity index (χ0) is 22.4. The van der Waals surface area contributed by atoms with Crippen LogP contribution in [-0.4, -0.2) is 31.6 Å². The largest absolute Gasteiger partial charge is 0.463 e. The molecule has 1 aromatic carbocycles. The summed E-state index contributed by atoms with van der Waals surface area (Å²) in [6.45, 7) is 4.16. The summed E-state index contributed by atoms with van der Waals surface area (Å²) in [5.41, 5.74) is 5.54. The number of halogens is 1. The SMILES string of the molecule is CCC1Cc2c(nn(C)c2-c2cccc(F)c2)C(CC)N1C(=O)c1cnc2ccoc2c1. The standard InChI is InChI=1S/C25H25FN4O2/c1-4-18-13-19-23(28-29(3)24(19)15-7-6-8-17(26)11-15)21(5-2)30(18)25(31)16-12-22-20(27-14-16)9-10-32-22/h6-12,14,18,21H,4-5,13H2,1-3H3. The number of pyridine rings is 1. The number of hydrogen-bond donors (Lipinski definition) is 0. The molecule has 0 saturated carbocycles. The van der Waals surface area contributed by atoms with Gasteiger partial charge in [0.2, 0.25) is 0 Å². The Hall–Kier alpha value is -3.48. The van der Waals surface area contributed by atoms with Crippen LogP contribution in [0.15, 0.2) is 53.3 Å². The van der Waals surface area contributed by atoms with Crippen molar-refractivity contribution in [2.45, 2.75) is 45.2 Å². The van der Waals surface area contributed by atoms with Crippen LogP contribution >= 0.6 is 0 Å². The second kappa shape index (κ2) is 7.89. The van der Waals surface area contributed by atoms with Gasteiger partial charge in [-0.2, -0.15) is 5.10 Å². The second-order valence-electron chi connectivity index (χ2n) is 8.28. The minimum Gasteiger partial charge on any atom is -0.463 e. The van der Waals surface area contributed by atoms with E-state index in [2.05, 4.69) is 18.8 Å². The molecule has 164 valence electrons. The summed E-state index contributed by atoms with van der Waals surface area (Å²) in [6.07, 6.45) is 5.39. The van der Waals surface area contributed by atoms with Crippen molar-refractivity contribution in [1.82, 2.24) is 19.7 Å². The number of amides is 1. The van der Waals surface area contributed by atoms with E-state index in [1.54, 1.807) is 36.7 Å². The molecule has 2 atom stereocenters. The van der Waals surface area contributed by atoms with Crippen molar-refractivity contribution < 1.29 is 13.6 Å². The van der Waals surface area contributed by atoms with Gasteiger partial charge in [-0.05, 0) is 37.5 Å². The number of fused-ring (bicyclic) bond motifs is 2. The third kappa shape index (κ3) is 3.20.